The molecule has 6 atom stereocenters. The van der Waals surface area contributed by atoms with Gasteiger partial charge in [-0.15, -0.1) is 0 Å². The quantitative estimate of drug-likeness (QED) is 0.358. The van der Waals surface area contributed by atoms with Crippen LogP contribution in [0.3, 0.4) is 0 Å². The Hall–Kier alpha value is -2.82. The number of aryl methyl sites for hydroxylation is 3. The molecule has 9 heteroatoms. The molecule has 3 aromatic carbocycles. The number of fused-ring (bicyclic) bond motifs is 8. The van der Waals surface area contributed by atoms with Crippen LogP contribution in [0.2, 0.25) is 0 Å². The molecule has 37 heavy (non-hydrogen) atoms. The molecule has 1 spiro atoms. The maximum Gasteiger partial charge on any atom is 0.274 e. The third-order valence-corrected chi connectivity index (χ3v) is 8.99. The Morgan fingerprint density at radius 1 is 1.08 bits per heavy atom. The molecule has 7 rings (SSSR count). The Labute approximate surface area is 214 Å². The minimum absolute atomic E-state index is 0.0543. The van der Waals surface area contributed by atoms with E-state index in [1.54, 1.807) is 14.2 Å². The fourth-order valence-corrected chi connectivity index (χ4v) is 7.16. The van der Waals surface area contributed by atoms with Crippen LogP contribution in [-0.2, 0) is 18.9 Å². The summed E-state index contributed by atoms with van der Waals surface area (Å²) in [5.41, 5.74) is 3.20. The third-order valence-electron chi connectivity index (χ3n) is 8.99. The summed E-state index contributed by atoms with van der Waals surface area (Å²) in [7, 11) is 5.05. The molecule has 0 amide bonds. The number of methoxy groups -OCH3 is 2. The molecule has 3 N–H and O–H groups in total. The van der Waals surface area contributed by atoms with E-state index in [4.69, 9.17) is 28.4 Å². The molecule has 4 aliphatic heterocycles. The molecular weight excluding hydrogens is 478 g/mol. The van der Waals surface area contributed by atoms with Crippen LogP contribution in [0.1, 0.15) is 35.3 Å². The van der Waals surface area contributed by atoms with Crippen molar-refractivity contribution < 1.29 is 38.6 Å². The normalized spacial score (nSPS) is 33.6. The highest BCUT2D eigenvalue weighted by molar-refractivity contribution is 6.15. The fourth-order valence-electron chi connectivity index (χ4n) is 7.16. The average Bonchev–Trinajstić information content (AvgIpc) is 3.53. The van der Waals surface area contributed by atoms with Crippen molar-refractivity contribution in [2.75, 3.05) is 33.2 Å². The van der Waals surface area contributed by atoms with Crippen molar-refractivity contribution in [1.82, 2.24) is 0 Å². The monoisotopic (exact) mass is 509 g/mol. The molecule has 3 fully saturated rings. The van der Waals surface area contributed by atoms with Gasteiger partial charge in [-0.3, -0.25) is 0 Å². The predicted molar refractivity (Wildman–Crippen MR) is 136 cm³/mol. The smallest absolute Gasteiger partial charge is 0.274 e. The van der Waals surface area contributed by atoms with Gasteiger partial charge in [-0.2, -0.15) is 0 Å². The molecular formula is C28H31NO8. The lowest BCUT2D eigenvalue weighted by Gasteiger charge is -2.47. The van der Waals surface area contributed by atoms with Crippen LogP contribution in [0.25, 0.3) is 21.5 Å². The number of epoxide rings is 1. The molecule has 5 unspecified atom stereocenters. The van der Waals surface area contributed by atoms with E-state index in [9.17, 15) is 10.2 Å². The Bertz CT molecular complexity index is 1530. The van der Waals surface area contributed by atoms with Gasteiger partial charge in [0, 0.05) is 41.6 Å². The molecule has 0 aromatic heterocycles. The molecule has 3 aromatic rings. The summed E-state index contributed by atoms with van der Waals surface area (Å²) in [5.74, 6) is -2.12. The lowest BCUT2D eigenvalue weighted by atomic mass is 9.78. The van der Waals surface area contributed by atoms with Gasteiger partial charge >= 0.3 is 0 Å². The molecule has 196 valence electrons. The van der Waals surface area contributed by atoms with E-state index < -0.39 is 35.5 Å². The van der Waals surface area contributed by atoms with Crippen LogP contribution in [-0.4, -0.2) is 67.5 Å². The van der Waals surface area contributed by atoms with Gasteiger partial charge in [-0.05, 0) is 56.5 Å². The fraction of sp³-hybridized carbons (Fsp3) is 0.500. The summed E-state index contributed by atoms with van der Waals surface area (Å²) >= 11 is 0. The molecule has 3 saturated heterocycles. The molecule has 4 aliphatic rings. The summed E-state index contributed by atoms with van der Waals surface area (Å²) in [6.45, 7) is 7.97. The number of anilines is 1. The lowest BCUT2D eigenvalue weighted by molar-refractivity contribution is -0.301. The highest BCUT2D eigenvalue weighted by atomic mass is 16.9. The number of aromatic hydroxyl groups is 1. The summed E-state index contributed by atoms with van der Waals surface area (Å²) < 4.78 is 36.9. The Morgan fingerprint density at radius 3 is 2.38 bits per heavy atom. The molecule has 0 radical (unpaired) electrons. The summed E-state index contributed by atoms with van der Waals surface area (Å²) in [6.07, 6.45) is -1.98. The number of nitrogens with one attached hydrogen (secondary N) is 1. The molecule has 0 saturated carbocycles. The number of phenolic OH excluding ortho intramolecular Hbond substituents is 1. The SMILES string of the molecule is CNc1c(C)cc2c(OC)c3cc(C)c4c(c3c(O)c2c1C)OC1(O)C2OC(C(C)OC)(O[C@H]42)C12CO2. The van der Waals surface area contributed by atoms with E-state index >= 15 is 0 Å². The Kier molecular flexibility index (Phi) is 4.39. The summed E-state index contributed by atoms with van der Waals surface area (Å²) in [5, 5.41) is 29.8. The first kappa shape index (κ1) is 23.3. The summed E-state index contributed by atoms with van der Waals surface area (Å²) in [4.78, 5) is 0. The first-order valence-electron chi connectivity index (χ1n) is 12.5. The Balaban J connectivity index is 1.58. The van der Waals surface area contributed by atoms with Crippen molar-refractivity contribution in [3.05, 3.63) is 34.4 Å². The van der Waals surface area contributed by atoms with Crippen molar-refractivity contribution in [1.29, 1.82) is 0 Å². The number of hydrogen-bond acceptors (Lipinski definition) is 9. The number of ether oxygens (including phenoxy) is 6. The van der Waals surface area contributed by atoms with Gasteiger partial charge in [0.25, 0.3) is 5.79 Å². The second kappa shape index (κ2) is 6.98. The van der Waals surface area contributed by atoms with Crippen molar-refractivity contribution in [2.24, 2.45) is 0 Å². The molecule has 0 aliphatic carbocycles. The number of hydrogen-bond donors (Lipinski definition) is 3. The average molecular weight is 510 g/mol. The van der Waals surface area contributed by atoms with Gasteiger partial charge in [0.15, 0.2) is 6.10 Å². The number of phenols is 1. The van der Waals surface area contributed by atoms with Gasteiger partial charge in [0.05, 0.1) is 19.1 Å². The highest BCUT2D eigenvalue weighted by Crippen LogP contribution is 2.71. The Morgan fingerprint density at radius 2 is 1.76 bits per heavy atom. The zero-order valence-corrected chi connectivity index (χ0v) is 21.9. The summed E-state index contributed by atoms with van der Waals surface area (Å²) in [6, 6.07) is 3.99. The maximum atomic E-state index is 12.1. The minimum Gasteiger partial charge on any atom is -0.506 e. The van der Waals surface area contributed by atoms with Crippen molar-refractivity contribution in [3.8, 4) is 17.2 Å². The predicted octanol–water partition coefficient (Wildman–Crippen LogP) is 3.73. The third kappa shape index (κ3) is 2.35. The number of aliphatic hydroxyl groups is 1. The van der Waals surface area contributed by atoms with Crippen molar-refractivity contribution >= 4 is 27.2 Å². The lowest BCUT2D eigenvalue weighted by Crippen LogP contribution is -2.68. The van der Waals surface area contributed by atoms with Crippen LogP contribution >= 0.6 is 0 Å². The number of benzene rings is 3. The largest absolute Gasteiger partial charge is 0.506 e. The van der Waals surface area contributed by atoms with Gasteiger partial charge in [0.2, 0.25) is 11.4 Å². The van der Waals surface area contributed by atoms with Crippen LogP contribution in [0.15, 0.2) is 12.1 Å². The van der Waals surface area contributed by atoms with Crippen molar-refractivity contribution in [2.45, 2.75) is 63.2 Å². The first-order valence-corrected chi connectivity index (χ1v) is 12.5. The molecule has 4 heterocycles. The van der Waals surface area contributed by atoms with E-state index in [0.717, 1.165) is 33.3 Å². The zero-order chi connectivity index (χ0) is 26.2. The van der Waals surface area contributed by atoms with E-state index in [2.05, 4.69) is 5.32 Å². The number of rotatable bonds is 4. The molecule has 2 bridgehead atoms. The highest BCUT2D eigenvalue weighted by Gasteiger charge is 2.91. The maximum absolute atomic E-state index is 12.1. The molecule has 9 nitrogen and oxygen atoms in total. The van der Waals surface area contributed by atoms with Gasteiger partial charge in [0.1, 0.15) is 29.5 Å². The van der Waals surface area contributed by atoms with E-state index in [1.807, 2.05) is 46.9 Å². The second-order valence-corrected chi connectivity index (χ2v) is 10.6. The van der Waals surface area contributed by atoms with Gasteiger partial charge in [-0.25, -0.2) is 0 Å². The minimum atomic E-state index is -1.83. The first-order chi connectivity index (χ1) is 17.6. The van der Waals surface area contributed by atoms with Crippen LogP contribution in [0, 0.1) is 20.8 Å². The van der Waals surface area contributed by atoms with Crippen LogP contribution in [0.4, 0.5) is 5.69 Å². The standard InChI is InChI=1S/C28H31NO8/c1-11-8-16-19(21(30)18-13(3)20(29-5)12(2)9-15(18)22(16)33-7)23-17(11)24-25-27(31,35-23)26(10-34-26)28(36-24,37-25)14(4)32-6/h8-9,14,24-25,29-31H,10H2,1-7H3/t14?,24-,25?,26?,27?,28?/m1/s1. The van der Waals surface area contributed by atoms with Gasteiger partial charge in [-0.1, -0.05) is 0 Å². The topological polar surface area (TPSA) is 111 Å². The van der Waals surface area contributed by atoms with E-state index in [1.165, 1.54) is 0 Å². The van der Waals surface area contributed by atoms with Crippen LogP contribution in [0.5, 0.6) is 17.2 Å². The zero-order valence-electron chi connectivity index (χ0n) is 21.9. The van der Waals surface area contributed by atoms with Crippen LogP contribution < -0.4 is 14.8 Å². The van der Waals surface area contributed by atoms with Crippen molar-refractivity contribution in [3.63, 3.8) is 0 Å². The van der Waals surface area contributed by atoms with Gasteiger partial charge < -0.3 is 44.0 Å². The second-order valence-electron chi connectivity index (χ2n) is 10.6. The van der Waals surface area contributed by atoms with E-state index in [-0.39, 0.29) is 12.4 Å². The van der Waals surface area contributed by atoms with E-state index in [0.29, 0.717) is 27.7 Å².